The highest BCUT2D eigenvalue weighted by atomic mass is 32.2. The number of thioether (sulfide) groups is 1. The van der Waals surface area contributed by atoms with Crippen molar-refractivity contribution >= 4 is 33.3 Å². The summed E-state index contributed by atoms with van der Waals surface area (Å²) in [5.41, 5.74) is 1.56. The molecule has 0 bridgehead atoms. The minimum Gasteiger partial charge on any atom is -0.494 e. The van der Waals surface area contributed by atoms with Gasteiger partial charge in [0.1, 0.15) is 10.6 Å². The van der Waals surface area contributed by atoms with E-state index in [0.717, 1.165) is 40.0 Å². The van der Waals surface area contributed by atoms with Crippen LogP contribution in [0.5, 0.6) is 5.75 Å². The van der Waals surface area contributed by atoms with E-state index in [4.69, 9.17) is 9.72 Å². The van der Waals surface area contributed by atoms with Gasteiger partial charge in [-0.15, -0.1) is 11.3 Å². The van der Waals surface area contributed by atoms with E-state index in [1.54, 1.807) is 23.0 Å². The summed E-state index contributed by atoms with van der Waals surface area (Å²) in [6, 6.07) is 8.83. The second-order valence-electron chi connectivity index (χ2n) is 8.16. The highest BCUT2D eigenvalue weighted by molar-refractivity contribution is 7.98. The number of fused-ring (bicyclic) bond motifs is 3. The number of hydrogen-bond acceptors (Lipinski definition) is 7. The summed E-state index contributed by atoms with van der Waals surface area (Å²) in [6.45, 7) is 2.48. The monoisotopic (exact) mass is 496 g/mol. The normalized spacial score (nSPS) is 12.9. The quantitative estimate of drug-likeness (QED) is 0.301. The van der Waals surface area contributed by atoms with Crippen molar-refractivity contribution < 1.29 is 4.74 Å². The van der Waals surface area contributed by atoms with Gasteiger partial charge in [-0.1, -0.05) is 11.8 Å². The van der Waals surface area contributed by atoms with Gasteiger partial charge in [0.15, 0.2) is 5.16 Å². The Kier molecular flexibility index (Phi) is 5.95. The molecule has 1 aromatic carbocycles. The number of benzene rings is 1. The summed E-state index contributed by atoms with van der Waals surface area (Å²) in [6.07, 6.45) is 2.95. The van der Waals surface area contributed by atoms with E-state index >= 15 is 0 Å². The maximum Gasteiger partial charge on any atom is 0.330 e. The van der Waals surface area contributed by atoms with E-state index in [2.05, 4.69) is 0 Å². The third kappa shape index (κ3) is 3.80. The maximum atomic E-state index is 13.8. The molecule has 0 aliphatic heterocycles. The predicted octanol–water partition coefficient (Wildman–Crippen LogP) is 3.02. The average Bonchev–Trinajstić information content (AvgIpc) is 3.41. The molecule has 3 aromatic heterocycles. The lowest BCUT2D eigenvalue weighted by molar-refractivity contribution is 0.340. The highest BCUT2D eigenvalue weighted by Gasteiger charge is 2.24. The Hall–Kier alpha value is -3.11. The van der Waals surface area contributed by atoms with Crippen molar-refractivity contribution in [2.75, 3.05) is 6.61 Å². The van der Waals surface area contributed by atoms with Crippen LogP contribution in [0, 0.1) is 0 Å². The molecule has 0 spiro atoms. The summed E-state index contributed by atoms with van der Waals surface area (Å²) < 4.78 is 9.71. The first-order valence-electron chi connectivity index (χ1n) is 11.1. The average molecular weight is 497 g/mol. The van der Waals surface area contributed by atoms with Gasteiger partial charge in [-0.05, 0) is 56.0 Å². The van der Waals surface area contributed by atoms with Gasteiger partial charge >= 0.3 is 5.69 Å². The molecular weight excluding hydrogens is 472 g/mol. The number of nitrogens with zero attached hydrogens (tertiary/aromatic N) is 4. The summed E-state index contributed by atoms with van der Waals surface area (Å²) >= 11 is 2.93. The number of hydrogen-bond donors (Lipinski definition) is 0. The standard InChI is InChI=1S/C24H24N4O4S2/c1-4-32-16-10-8-14(9-11-16)28-22(30)20-17-6-5-7-18(17)34-21(20)25-23(28)33-13-15-12-19(29)27(3)24(31)26(15)2/h8-12H,4-7,13H2,1-3H3. The molecule has 4 aromatic rings. The Morgan fingerprint density at radius 1 is 1.09 bits per heavy atom. The molecule has 0 unspecified atom stereocenters. The van der Waals surface area contributed by atoms with Crippen LogP contribution in [0.15, 0.2) is 49.9 Å². The van der Waals surface area contributed by atoms with Crippen LogP contribution in [0.25, 0.3) is 15.9 Å². The fourth-order valence-corrected chi connectivity index (χ4v) is 6.60. The Morgan fingerprint density at radius 2 is 1.85 bits per heavy atom. The van der Waals surface area contributed by atoms with E-state index in [-0.39, 0.29) is 16.8 Å². The van der Waals surface area contributed by atoms with Gasteiger partial charge in [-0.25, -0.2) is 9.78 Å². The molecule has 0 fully saturated rings. The molecule has 10 heteroatoms. The molecule has 3 heterocycles. The van der Waals surface area contributed by atoms with Crippen LogP contribution in [0.1, 0.15) is 29.5 Å². The molecule has 0 saturated heterocycles. The minimum atomic E-state index is -0.384. The molecule has 8 nitrogen and oxygen atoms in total. The Labute approximate surface area is 203 Å². The van der Waals surface area contributed by atoms with Crippen LogP contribution in [0.3, 0.4) is 0 Å². The number of aryl methyl sites for hydroxylation is 2. The first-order chi connectivity index (χ1) is 16.4. The Balaban J connectivity index is 1.63. The first-order valence-corrected chi connectivity index (χ1v) is 12.9. The number of rotatable bonds is 6. The smallest absolute Gasteiger partial charge is 0.330 e. The summed E-state index contributed by atoms with van der Waals surface area (Å²) in [4.78, 5) is 45.2. The summed E-state index contributed by atoms with van der Waals surface area (Å²) in [5, 5.41) is 1.23. The van der Waals surface area contributed by atoms with Crippen molar-refractivity contribution in [1.29, 1.82) is 0 Å². The third-order valence-electron chi connectivity index (χ3n) is 6.09. The van der Waals surface area contributed by atoms with Crippen LogP contribution in [0.4, 0.5) is 0 Å². The first kappa shape index (κ1) is 22.7. The third-order valence-corrected chi connectivity index (χ3v) is 8.25. The van der Waals surface area contributed by atoms with Crippen molar-refractivity contribution in [3.63, 3.8) is 0 Å². The van der Waals surface area contributed by atoms with Gasteiger partial charge in [0.2, 0.25) is 0 Å². The molecule has 1 aliphatic rings. The van der Waals surface area contributed by atoms with Gasteiger partial charge < -0.3 is 4.74 Å². The van der Waals surface area contributed by atoms with Gasteiger partial charge in [-0.2, -0.15) is 0 Å². The zero-order chi connectivity index (χ0) is 24.0. The molecule has 176 valence electrons. The molecule has 0 saturated carbocycles. The van der Waals surface area contributed by atoms with Crippen LogP contribution in [0.2, 0.25) is 0 Å². The Morgan fingerprint density at radius 3 is 2.59 bits per heavy atom. The van der Waals surface area contributed by atoms with Crippen molar-refractivity contribution in [1.82, 2.24) is 18.7 Å². The van der Waals surface area contributed by atoms with Gasteiger partial charge in [0, 0.05) is 36.5 Å². The van der Waals surface area contributed by atoms with Crippen molar-refractivity contribution in [3.05, 3.63) is 77.7 Å². The van der Waals surface area contributed by atoms with E-state index in [1.165, 1.54) is 34.3 Å². The lowest BCUT2D eigenvalue weighted by Gasteiger charge is -2.14. The zero-order valence-electron chi connectivity index (χ0n) is 19.2. The van der Waals surface area contributed by atoms with Gasteiger partial charge in [-0.3, -0.25) is 23.3 Å². The van der Waals surface area contributed by atoms with E-state index < -0.39 is 0 Å². The second kappa shape index (κ2) is 8.92. The molecule has 0 amide bonds. The van der Waals surface area contributed by atoms with Crippen molar-refractivity contribution in [2.45, 2.75) is 37.1 Å². The predicted molar refractivity (Wildman–Crippen MR) is 135 cm³/mol. The summed E-state index contributed by atoms with van der Waals surface area (Å²) in [7, 11) is 3.09. The molecule has 1 aliphatic carbocycles. The highest BCUT2D eigenvalue weighted by Crippen LogP contribution is 2.36. The van der Waals surface area contributed by atoms with Gasteiger partial charge in [0.25, 0.3) is 11.1 Å². The molecule has 5 rings (SSSR count). The Bertz CT molecular complexity index is 1580. The van der Waals surface area contributed by atoms with Crippen molar-refractivity contribution in [2.24, 2.45) is 14.1 Å². The van der Waals surface area contributed by atoms with Crippen molar-refractivity contribution in [3.8, 4) is 11.4 Å². The van der Waals surface area contributed by atoms with Crippen LogP contribution >= 0.6 is 23.1 Å². The molecule has 34 heavy (non-hydrogen) atoms. The molecule has 0 radical (unpaired) electrons. The SMILES string of the molecule is CCOc1ccc(-n2c(SCc3cc(=O)n(C)c(=O)n3C)nc3sc4c(c3c2=O)CCC4)cc1. The number of ether oxygens (including phenoxy) is 1. The van der Waals surface area contributed by atoms with E-state index in [9.17, 15) is 14.4 Å². The van der Waals surface area contributed by atoms with E-state index in [1.807, 2.05) is 31.2 Å². The fraction of sp³-hybridized carbons (Fsp3) is 0.333. The van der Waals surface area contributed by atoms with E-state index in [0.29, 0.717) is 34.3 Å². The van der Waals surface area contributed by atoms with Crippen LogP contribution in [-0.4, -0.2) is 25.3 Å². The van der Waals surface area contributed by atoms with Crippen LogP contribution in [-0.2, 0) is 32.7 Å². The zero-order valence-corrected chi connectivity index (χ0v) is 20.8. The van der Waals surface area contributed by atoms with Crippen LogP contribution < -0.4 is 21.5 Å². The topological polar surface area (TPSA) is 88.1 Å². The minimum absolute atomic E-state index is 0.0890. The molecule has 0 atom stereocenters. The number of aromatic nitrogens is 4. The number of thiophene rings is 1. The largest absolute Gasteiger partial charge is 0.494 e. The lowest BCUT2D eigenvalue weighted by atomic mass is 10.2. The molecule has 0 N–H and O–H groups in total. The molecular formula is C24H24N4O4S2. The van der Waals surface area contributed by atoms with Gasteiger partial charge in [0.05, 0.1) is 17.7 Å². The lowest BCUT2D eigenvalue weighted by Crippen LogP contribution is -2.37. The maximum absolute atomic E-state index is 13.8. The summed E-state index contributed by atoms with van der Waals surface area (Å²) in [5.74, 6) is 1.05. The second-order valence-corrected chi connectivity index (χ2v) is 10.2. The fourth-order valence-electron chi connectivity index (χ4n) is 4.26.